The third kappa shape index (κ3) is 7.02. The molecule has 0 spiro atoms. The van der Waals surface area contributed by atoms with Gasteiger partial charge in [-0.15, -0.1) is 0 Å². The van der Waals surface area contributed by atoms with E-state index in [1.165, 1.54) is 0 Å². The van der Waals surface area contributed by atoms with Crippen LogP contribution in [-0.4, -0.2) is 53.9 Å². The Morgan fingerprint density at radius 1 is 1.00 bits per heavy atom. The lowest BCUT2D eigenvalue weighted by molar-refractivity contribution is 0.00846. The fourth-order valence-corrected chi connectivity index (χ4v) is 3.63. The minimum Gasteiger partial charge on any atom is -0.396 e. The van der Waals surface area contributed by atoms with E-state index in [-0.39, 0.29) is 25.6 Å². The Balaban J connectivity index is 4.16. The van der Waals surface area contributed by atoms with Crippen LogP contribution in [0.5, 0.6) is 0 Å². The molecule has 0 aliphatic carbocycles. The second-order valence-electron chi connectivity index (χ2n) is 5.35. The van der Waals surface area contributed by atoms with E-state index in [9.17, 15) is 10.2 Å². The summed E-state index contributed by atoms with van der Waals surface area (Å²) in [5, 5.41) is 36.8. The first kappa shape index (κ1) is 15.1. The van der Waals surface area contributed by atoms with Crippen LogP contribution in [0, 0.1) is 5.92 Å². The SMILES string of the molecule is C[Si](C)(C)C[C@H](CO)[C@@H](O)C[C@@H](O)CO. The molecule has 0 aromatic rings. The minimum absolute atomic E-state index is 0.0659. The predicted molar refractivity (Wildman–Crippen MR) is 62.4 cm³/mol. The summed E-state index contributed by atoms with van der Waals surface area (Å²) in [7, 11) is -1.33. The Kier molecular flexibility index (Phi) is 6.62. The summed E-state index contributed by atoms with van der Waals surface area (Å²) in [6.45, 7) is 6.10. The molecule has 0 aliphatic heterocycles. The van der Waals surface area contributed by atoms with Gasteiger partial charge < -0.3 is 20.4 Å². The van der Waals surface area contributed by atoms with E-state index in [0.717, 1.165) is 6.04 Å². The average Bonchev–Trinajstić information content (AvgIpc) is 2.12. The van der Waals surface area contributed by atoms with Gasteiger partial charge in [-0.3, -0.25) is 0 Å². The standard InChI is InChI=1S/C10H24O4Si/c1-15(2,3)7-8(5-11)10(14)4-9(13)6-12/h8-14H,4-7H2,1-3H3/t8-,9+,10-/m0/s1. The molecule has 92 valence electrons. The van der Waals surface area contributed by atoms with Crippen molar-refractivity contribution in [3.63, 3.8) is 0 Å². The highest BCUT2D eigenvalue weighted by Crippen LogP contribution is 2.21. The molecule has 0 heterocycles. The highest BCUT2D eigenvalue weighted by molar-refractivity contribution is 6.76. The lowest BCUT2D eigenvalue weighted by Gasteiger charge is -2.27. The number of hydrogen-bond donors (Lipinski definition) is 4. The fourth-order valence-electron chi connectivity index (χ4n) is 1.65. The van der Waals surface area contributed by atoms with E-state index in [2.05, 4.69) is 19.6 Å². The molecule has 4 N–H and O–H groups in total. The smallest absolute Gasteiger partial charge is 0.0795 e. The largest absolute Gasteiger partial charge is 0.396 e. The molecular formula is C10H24O4Si. The van der Waals surface area contributed by atoms with Crippen molar-refractivity contribution in [2.75, 3.05) is 13.2 Å². The molecule has 0 aromatic heterocycles. The van der Waals surface area contributed by atoms with Crippen LogP contribution in [0.2, 0.25) is 25.7 Å². The van der Waals surface area contributed by atoms with Crippen molar-refractivity contribution in [1.82, 2.24) is 0 Å². The first-order chi connectivity index (χ1) is 6.80. The van der Waals surface area contributed by atoms with Crippen LogP contribution in [0.15, 0.2) is 0 Å². The van der Waals surface area contributed by atoms with E-state index in [0.29, 0.717) is 0 Å². The first-order valence-corrected chi connectivity index (χ1v) is 9.08. The van der Waals surface area contributed by atoms with Crippen molar-refractivity contribution in [2.24, 2.45) is 5.92 Å². The van der Waals surface area contributed by atoms with Crippen molar-refractivity contribution >= 4 is 8.07 Å². The molecule has 0 rings (SSSR count). The second-order valence-corrected chi connectivity index (χ2v) is 10.9. The number of aliphatic hydroxyl groups is 4. The maximum absolute atomic E-state index is 9.76. The lowest BCUT2D eigenvalue weighted by atomic mass is 10.00. The molecule has 0 fully saturated rings. The van der Waals surface area contributed by atoms with Gasteiger partial charge in [0.1, 0.15) is 0 Å². The monoisotopic (exact) mass is 236 g/mol. The normalized spacial score (nSPS) is 18.6. The fraction of sp³-hybridized carbons (Fsp3) is 1.00. The Hall–Kier alpha value is 0.0569. The van der Waals surface area contributed by atoms with Crippen LogP contribution >= 0.6 is 0 Å². The van der Waals surface area contributed by atoms with Crippen molar-refractivity contribution < 1.29 is 20.4 Å². The summed E-state index contributed by atoms with van der Waals surface area (Å²) in [6, 6.07) is 0.822. The van der Waals surface area contributed by atoms with Crippen molar-refractivity contribution in [2.45, 2.75) is 44.3 Å². The van der Waals surface area contributed by atoms with Crippen molar-refractivity contribution in [3.05, 3.63) is 0 Å². The van der Waals surface area contributed by atoms with Crippen LogP contribution in [0.25, 0.3) is 0 Å². The highest BCUT2D eigenvalue weighted by Gasteiger charge is 2.26. The topological polar surface area (TPSA) is 80.9 Å². The van der Waals surface area contributed by atoms with Gasteiger partial charge in [0.25, 0.3) is 0 Å². The minimum atomic E-state index is -1.33. The van der Waals surface area contributed by atoms with E-state index in [4.69, 9.17) is 10.2 Å². The first-order valence-electron chi connectivity index (χ1n) is 5.38. The van der Waals surface area contributed by atoms with Crippen LogP contribution in [0.1, 0.15) is 6.42 Å². The van der Waals surface area contributed by atoms with Crippen LogP contribution in [0.4, 0.5) is 0 Å². The summed E-state index contributed by atoms with van der Waals surface area (Å²) < 4.78 is 0. The van der Waals surface area contributed by atoms with Crippen LogP contribution in [-0.2, 0) is 0 Å². The van der Waals surface area contributed by atoms with Gasteiger partial charge in [0.15, 0.2) is 0 Å². The van der Waals surface area contributed by atoms with E-state index in [1.807, 2.05) is 0 Å². The van der Waals surface area contributed by atoms with E-state index < -0.39 is 20.3 Å². The summed E-state index contributed by atoms with van der Waals surface area (Å²) in [6.07, 6.45) is -1.49. The van der Waals surface area contributed by atoms with Gasteiger partial charge in [-0.25, -0.2) is 0 Å². The molecule has 5 heteroatoms. The Bertz CT molecular complexity index is 169. The van der Waals surface area contributed by atoms with Gasteiger partial charge in [0.2, 0.25) is 0 Å². The predicted octanol–water partition coefficient (Wildman–Crippen LogP) is 0.0373. The Morgan fingerprint density at radius 3 is 1.87 bits per heavy atom. The number of rotatable bonds is 7. The summed E-state index contributed by atoms with van der Waals surface area (Å²) in [5.41, 5.74) is 0. The third-order valence-electron chi connectivity index (χ3n) is 2.38. The average molecular weight is 236 g/mol. The lowest BCUT2D eigenvalue weighted by Crippen LogP contribution is -2.35. The summed E-state index contributed by atoms with van der Waals surface area (Å²) in [5.74, 6) is -0.183. The second kappa shape index (κ2) is 6.60. The van der Waals surface area contributed by atoms with E-state index >= 15 is 0 Å². The zero-order valence-electron chi connectivity index (χ0n) is 9.85. The zero-order valence-corrected chi connectivity index (χ0v) is 10.8. The molecule has 0 unspecified atom stereocenters. The van der Waals surface area contributed by atoms with Crippen molar-refractivity contribution in [3.8, 4) is 0 Å². The molecule has 0 amide bonds. The van der Waals surface area contributed by atoms with Gasteiger partial charge in [0.05, 0.1) is 18.8 Å². The molecule has 0 aromatic carbocycles. The third-order valence-corrected chi connectivity index (χ3v) is 4.13. The number of aliphatic hydroxyl groups excluding tert-OH is 4. The molecule has 15 heavy (non-hydrogen) atoms. The van der Waals surface area contributed by atoms with Crippen molar-refractivity contribution in [1.29, 1.82) is 0 Å². The molecule has 0 bridgehead atoms. The molecule has 4 nitrogen and oxygen atoms in total. The Morgan fingerprint density at radius 2 is 1.53 bits per heavy atom. The molecular weight excluding hydrogens is 212 g/mol. The highest BCUT2D eigenvalue weighted by atomic mass is 28.3. The van der Waals surface area contributed by atoms with Crippen LogP contribution in [0.3, 0.4) is 0 Å². The zero-order chi connectivity index (χ0) is 12.1. The summed E-state index contributed by atoms with van der Waals surface area (Å²) >= 11 is 0. The Labute approximate surface area is 92.6 Å². The molecule has 0 aliphatic rings. The van der Waals surface area contributed by atoms with Gasteiger partial charge in [-0.1, -0.05) is 25.7 Å². The molecule has 0 saturated heterocycles. The molecule has 0 radical (unpaired) electrons. The van der Waals surface area contributed by atoms with Gasteiger partial charge in [0, 0.05) is 27.0 Å². The maximum Gasteiger partial charge on any atom is 0.0795 e. The van der Waals surface area contributed by atoms with Gasteiger partial charge in [-0.2, -0.15) is 0 Å². The maximum atomic E-state index is 9.76. The summed E-state index contributed by atoms with van der Waals surface area (Å²) in [4.78, 5) is 0. The van der Waals surface area contributed by atoms with Gasteiger partial charge in [-0.05, 0) is 0 Å². The van der Waals surface area contributed by atoms with E-state index in [1.54, 1.807) is 0 Å². The molecule has 3 atom stereocenters. The molecule has 0 saturated carbocycles. The quantitative estimate of drug-likeness (QED) is 0.470. The number of hydrogen-bond acceptors (Lipinski definition) is 4. The van der Waals surface area contributed by atoms with Crippen LogP contribution < -0.4 is 0 Å². The van der Waals surface area contributed by atoms with Gasteiger partial charge >= 0.3 is 0 Å².